The van der Waals surface area contributed by atoms with Crippen molar-refractivity contribution in [3.05, 3.63) is 12.7 Å². The van der Waals surface area contributed by atoms with E-state index in [1.807, 2.05) is 0 Å². The summed E-state index contributed by atoms with van der Waals surface area (Å²) in [6.45, 7) is 5.64. The molecule has 0 fully saturated rings. The van der Waals surface area contributed by atoms with Crippen molar-refractivity contribution in [1.82, 2.24) is 5.32 Å². The van der Waals surface area contributed by atoms with Gasteiger partial charge >= 0.3 is 12.1 Å². The fourth-order valence-corrected chi connectivity index (χ4v) is 1.70. The molecule has 19 heavy (non-hydrogen) atoms. The molecule has 2 N–H and O–H groups in total. The molecule has 0 heterocycles. The molecule has 0 aromatic carbocycles. The maximum absolute atomic E-state index is 11.2. The molecule has 0 aromatic heterocycles. The number of nitrogens with one attached hydrogen (secondary N) is 1. The molecular weight excluding hydrogens is 246 g/mol. The summed E-state index contributed by atoms with van der Waals surface area (Å²) in [6.07, 6.45) is 7.65. The minimum Gasteiger partial charge on any atom is -0.480 e. The molecule has 0 aliphatic heterocycles. The highest BCUT2D eigenvalue weighted by Crippen LogP contribution is 2.09. The first kappa shape index (κ1) is 17.5. The Morgan fingerprint density at radius 3 is 2.47 bits per heavy atom. The Balaban J connectivity index is 3.83. The van der Waals surface area contributed by atoms with Gasteiger partial charge in [0.25, 0.3) is 0 Å². The standard InChI is InChI=1S/C14H25NO4/c1-3-5-6-7-8-9-10-12(13(16)17)15-14(18)19-11-4-2/h4,12H,2-3,5-11H2,1H3,(H,15,18)(H,16,17). The molecule has 0 aromatic rings. The van der Waals surface area contributed by atoms with Gasteiger partial charge in [0.05, 0.1) is 0 Å². The largest absolute Gasteiger partial charge is 0.480 e. The number of carboxylic acids is 1. The van der Waals surface area contributed by atoms with Crippen LogP contribution in [-0.4, -0.2) is 29.8 Å². The van der Waals surface area contributed by atoms with Crippen LogP contribution in [-0.2, 0) is 9.53 Å². The van der Waals surface area contributed by atoms with Gasteiger partial charge in [-0.05, 0) is 6.42 Å². The van der Waals surface area contributed by atoms with Crippen molar-refractivity contribution in [2.75, 3.05) is 6.61 Å². The molecular formula is C14H25NO4. The van der Waals surface area contributed by atoms with E-state index in [0.717, 1.165) is 19.3 Å². The minimum absolute atomic E-state index is 0.0786. The van der Waals surface area contributed by atoms with E-state index in [4.69, 9.17) is 9.84 Å². The Morgan fingerprint density at radius 1 is 1.26 bits per heavy atom. The van der Waals surface area contributed by atoms with Gasteiger partial charge in [-0.3, -0.25) is 0 Å². The number of carbonyl (C=O) groups is 2. The van der Waals surface area contributed by atoms with Gasteiger partial charge in [-0.2, -0.15) is 0 Å². The summed E-state index contributed by atoms with van der Waals surface area (Å²) in [7, 11) is 0. The maximum atomic E-state index is 11.2. The van der Waals surface area contributed by atoms with Crippen molar-refractivity contribution in [3.63, 3.8) is 0 Å². The van der Waals surface area contributed by atoms with Crippen molar-refractivity contribution in [2.24, 2.45) is 0 Å². The average molecular weight is 271 g/mol. The van der Waals surface area contributed by atoms with Crippen molar-refractivity contribution in [2.45, 2.75) is 57.9 Å². The fraction of sp³-hybridized carbons (Fsp3) is 0.714. The molecule has 0 spiro atoms. The van der Waals surface area contributed by atoms with Gasteiger partial charge in [0, 0.05) is 0 Å². The second-order valence-electron chi connectivity index (χ2n) is 4.48. The van der Waals surface area contributed by atoms with E-state index < -0.39 is 18.1 Å². The number of carboxylic acid groups (broad SMARTS) is 1. The van der Waals surface area contributed by atoms with Gasteiger partial charge < -0.3 is 15.2 Å². The summed E-state index contributed by atoms with van der Waals surface area (Å²) in [6, 6.07) is -0.872. The smallest absolute Gasteiger partial charge is 0.408 e. The molecule has 0 aliphatic rings. The number of alkyl carbamates (subject to hydrolysis) is 1. The normalized spacial score (nSPS) is 11.6. The Hall–Kier alpha value is -1.52. The summed E-state index contributed by atoms with van der Waals surface area (Å²) in [4.78, 5) is 22.2. The number of hydrogen-bond acceptors (Lipinski definition) is 3. The highest BCUT2D eigenvalue weighted by atomic mass is 16.5. The molecule has 1 atom stereocenters. The third kappa shape index (κ3) is 10.1. The number of rotatable bonds is 11. The Morgan fingerprint density at radius 2 is 1.89 bits per heavy atom. The van der Waals surface area contributed by atoms with E-state index in [1.165, 1.54) is 25.3 Å². The fourth-order valence-electron chi connectivity index (χ4n) is 1.70. The lowest BCUT2D eigenvalue weighted by atomic mass is 10.1. The van der Waals surface area contributed by atoms with E-state index in [-0.39, 0.29) is 6.61 Å². The molecule has 0 rings (SSSR count). The molecule has 0 radical (unpaired) electrons. The van der Waals surface area contributed by atoms with E-state index in [2.05, 4.69) is 18.8 Å². The highest BCUT2D eigenvalue weighted by Gasteiger charge is 2.19. The SMILES string of the molecule is C=CCOC(=O)NC(CCCCCCCC)C(=O)O. The van der Waals surface area contributed by atoms with Gasteiger partial charge in [-0.15, -0.1) is 0 Å². The van der Waals surface area contributed by atoms with Crippen molar-refractivity contribution in [1.29, 1.82) is 0 Å². The number of carbonyl (C=O) groups excluding carboxylic acids is 1. The molecule has 0 saturated carbocycles. The Kier molecular flexibility index (Phi) is 10.6. The lowest BCUT2D eigenvalue weighted by Crippen LogP contribution is -2.41. The maximum Gasteiger partial charge on any atom is 0.408 e. The average Bonchev–Trinajstić information content (AvgIpc) is 2.38. The van der Waals surface area contributed by atoms with Crippen LogP contribution in [0.1, 0.15) is 51.9 Å². The summed E-state index contributed by atoms with van der Waals surface area (Å²) >= 11 is 0. The van der Waals surface area contributed by atoms with Crippen LogP contribution in [0.4, 0.5) is 4.79 Å². The van der Waals surface area contributed by atoms with Crippen LogP contribution < -0.4 is 5.32 Å². The van der Waals surface area contributed by atoms with Crippen LogP contribution in [0.25, 0.3) is 0 Å². The second-order valence-corrected chi connectivity index (χ2v) is 4.48. The summed E-state index contributed by atoms with van der Waals surface area (Å²) in [5, 5.41) is 11.3. The minimum atomic E-state index is -1.02. The van der Waals surface area contributed by atoms with Crippen LogP contribution in [0.15, 0.2) is 12.7 Å². The molecule has 5 heteroatoms. The third-order valence-electron chi connectivity index (χ3n) is 2.77. The molecule has 110 valence electrons. The van der Waals surface area contributed by atoms with Crippen molar-refractivity contribution in [3.8, 4) is 0 Å². The Labute approximate surface area is 115 Å². The first-order chi connectivity index (χ1) is 9.11. The Bertz CT molecular complexity index is 279. The topological polar surface area (TPSA) is 75.6 Å². The van der Waals surface area contributed by atoms with Crippen LogP contribution in [0.2, 0.25) is 0 Å². The van der Waals surface area contributed by atoms with Crippen molar-refractivity contribution < 1.29 is 19.4 Å². The zero-order chi connectivity index (χ0) is 14.5. The molecule has 0 aliphatic carbocycles. The first-order valence-electron chi connectivity index (χ1n) is 6.88. The van der Waals surface area contributed by atoms with Gasteiger partial charge in [-0.1, -0.05) is 58.1 Å². The third-order valence-corrected chi connectivity index (χ3v) is 2.77. The molecule has 5 nitrogen and oxygen atoms in total. The van der Waals surface area contributed by atoms with Gasteiger partial charge in [0.2, 0.25) is 0 Å². The van der Waals surface area contributed by atoms with Crippen LogP contribution in [0, 0.1) is 0 Å². The van der Waals surface area contributed by atoms with Gasteiger partial charge in [0.1, 0.15) is 12.6 Å². The zero-order valence-electron chi connectivity index (χ0n) is 11.7. The second kappa shape index (κ2) is 11.6. The van der Waals surface area contributed by atoms with Crippen LogP contribution in [0.3, 0.4) is 0 Å². The summed E-state index contributed by atoms with van der Waals surface area (Å²) in [5.74, 6) is -1.02. The predicted octanol–water partition coefficient (Wildman–Crippen LogP) is 3.10. The van der Waals surface area contributed by atoms with Gasteiger partial charge in [0.15, 0.2) is 0 Å². The molecule has 0 saturated heterocycles. The summed E-state index contributed by atoms with van der Waals surface area (Å²) < 4.78 is 4.70. The highest BCUT2D eigenvalue weighted by molar-refractivity contribution is 5.79. The number of amides is 1. The van der Waals surface area contributed by atoms with E-state index in [1.54, 1.807) is 0 Å². The number of aliphatic carboxylic acids is 1. The first-order valence-corrected chi connectivity index (χ1v) is 6.88. The number of hydrogen-bond donors (Lipinski definition) is 2. The van der Waals surface area contributed by atoms with E-state index in [0.29, 0.717) is 6.42 Å². The van der Waals surface area contributed by atoms with Crippen LogP contribution >= 0.6 is 0 Å². The van der Waals surface area contributed by atoms with E-state index >= 15 is 0 Å². The van der Waals surface area contributed by atoms with Crippen LogP contribution in [0.5, 0.6) is 0 Å². The lowest BCUT2D eigenvalue weighted by molar-refractivity contribution is -0.139. The molecule has 1 amide bonds. The summed E-state index contributed by atoms with van der Waals surface area (Å²) in [5.41, 5.74) is 0. The lowest BCUT2D eigenvalue weighted by Gasteiger charge is -2.13. The van der Waals surface area contributed by atoms with Gasteiger partial charge in [-0.25, -0.2) is 9.59 Å². The molecule has 1 unspecified atom stereocenters. The van der Waals surface area contributed by atoms with Crippen molar-refractivity contribution >= 4 is 12.1 Å². The number of ether oxygens (including phenoxy) is 1. The number of unbranched alkanes of at least 4 members (excludes halogenated alkanes) is 5. The van der Waals surface area contributed by atoms with E-state index in [9.17, 15) is 9.59 Å². The molecule has 0 bridgehead atoms. The quantitative estimate of drug-likeness (QED) is 0.447. The zero-order valence-corrected chi connectivity index (χ0v) is 11.7. The predicted molar refractivity (Wildman–Crippen MR) is 74.1 cm³/mol. The monoisotopic (exact) mass is 271 g/mol.